The molecule has 0 aromatic rings. The van der Waals surface area contributed by atoms with Crippen molar-refractivity contribution in [1.29, 1.82) is 0 Å². The van der Waals surface area contributed by atoms with E-state index in [1.165, 1.54) is 12.8 Å². The van der Waals surface area contributed by atoms with Gasteiger partial charge in [-0.25, -0.2) is 0 Å². The first-order chi connectivity index (χ1) is 5.79. The van der Waals surface area contributed by atoms with Crippen molar-refractivity contribution in [1.82, 2.24) is 5.32 Å². The Bertz CT molecular complexity index is 111. The smallest absolute Gasteiger partial charge is 0.0636 e. The third kappa shape index (κ3) is 4.04. The molecule has 2 N–H and O–H groups in total. The standard InChI is InChI=1S/C9H19NO2/c1-8(11)6-10-4-2-9-3-5-12-7-9/h8-11H,2-7H2,1H3/t8-,9?/m0/s1. The minimum Gasteiger partial charge on any atom is -0.392 e. The first kappa shape index (κ1) is 9.96. The van der Waals surface area contributed by atoms with Crippen LogP contribution in [0.2, 0.25) is 0 Å². The summed E-state index contributed by atoms with van der Waals surface area (Å²) < 4.78 is 5.26. The Hall–Kier alpha value is -0.120. The summed E-state index contributed by atoms with van der Waals surface area (Å²) in [4.78, 5) is 0. The largest absolute Gasteiger partial charge is 0.392 e. The lowest BCUT2D eigenvalue weighted by atomic mass is 10.1. The maximum Gasteiger partial charge on any atom is 0.0636 e. The van der Waals surface area contributed by atoms with Gasteiger partial charge in [-0.1, -0.05) is 0 Å². The normalized spacial score (nSPS) is 26.0. The van der Waals surface area contributed by atoms with Crippen LogP contribution < -0.4 is 5.32 Å². The van der Waals surface area contributed by atoms with Crippen molar-refractivity contribution in [2.24, 2.45) is 5.92 Å². The van der Waals surface area contributed by atoms with Gasteiger partial charge in [0.1, 0.15) is 0 Å². The molecule has 1 aliphatic rings. The second-order valence-electron chi connectivity index (χ2n) is 3.57. The molecule has 0 aliphatic carbocycles. The van der Waals surface area contributed by atoms with Crippen LogP contribution in [0.15, 0.2) is 0 Å². The lowest BCUT2D eigenvalue weighted by Crippen LogP contribution is -2.26. The summed E-state index contributed by atoms with van der Waals surface area (Å²) in [5.41, 5.74) is 0. The molecule has 0 aromatic heterocycles. The molecule has 3 heteroatoms. The highest BCUT2D eigenvalue weighted by molar-refractivity contribution is 4.65. The summed E-state index contributed by atoms with van der Waals surface area (Å²) >= 11 is 0. The summed E-state index contributed by atoms with van der Waals surface area (Å²) in [5, 5.41) is 12.2. The Morgan fingerprint density at radius 1 is 1.67 bits per heavy atom. The molecule has 1 unspecified atom stereocenters. The molecule has 1 fully saturated rings. The molecular weight excluding hydrogens is 154 g/mol. The first-order valence-corrected chi connectivity index (χ1v) is 4.75. The molecule has 0 spiro atoms. The van der Waals surface area contributed by atoms with E-state index in [0.717, 1.165) is 25.7 Å². The summed E-state index contributed by atoms with van der Waals surface area (Å²) in [6.45, 7) is 5.36. The van der Waals surface area contributed by atoms with Crippen molar-refractivity contribution in [2.75, 3.05) is 26.3 Å². The highest BCUT2D eigenvalue weighted by Gasteiger charge is 2.14. The zero-order valence-electron chi connectivity index (χ0n) is 7.75. The molecule has 1 rings (SSSR count). The van der Waals surface area contributed by atoms with E-state index >= 15 is 0 Å². The third-order valence-corrected chi connectivity index (χ3v) is 2.19. The van der Waals surface area contributed by atoms with Gasteiger partial charge in [0.25, 0.3) is 0 Å². The van der Waals surface area contributed by atoms with Gasteiger partial charge in [0.15, 0.2) is 0 Å². The van der Waals surface area contributed by atoms with E-state index in [9.17, 15) is 0 Å². The maximum absolute atomic E-state index is 8.96. The average Bonchev–Trinajstić information content (AvgIpc) is 2.49. The van der Waals surface area contributed by atoms with Gasteiger partial charge in [0.2, 0.25) is 0 Å². The molecule has 2 atom stereocenters. The van der Waals surface area contributed by atoms with Crippen LogP contribution in [-0.2, 0) is 4.74 Å². The van der Waals surface area contributed by atoms with E-state index in [-0.39, 0.29) is 6.10 Å². The highest BCUT2D eigenvalue weighted by Crippen LogP contribution is 2.14. The van der Waals surface area contributed by atoms with Crippen molar-refractivity contribution in [2.45, 2.75) is 25.9 Å². The number of ether oxygens (including phenoxy) is 1. The van der Waals surface area contributed by atoms with Crippen LogP contribution in [0.3, 0.4) is 0 Å². The monoisotopic (exact) mass is 173 g/mol. The van der Waals surface area contributed by atoms with E-state index in [1.807, 2.05) is 0 Å². The average molecular weight is 173 g/mol. The SMILES string of the molecule is C[C@H](O)CNCCC1CCOC1. The third-order valence-electron chi connectivity index (χ3n) is 2.19. The Balaban J connectivity index is 1.88. The zero-order chi connectivity index (χ0) is 8.81. The van der Waals surface area contributed by atoms with Crippen LogP contribution in [-0.4, -0.2) is 37.5 Å². The lowest BCUT2D eigenvalue weighted by Gasteiger charge is -2.09. The number of nitrogens with one attached hydrogen (secondary N) is 1. The highest BCUT2D eigenvalue weighted by atomic mass is 16.5. The van der Waals surface area contributed by atoms with Gasteiger partial charge >= 0.3 is 0 Å². The van der Waals surface area contributed by atoms with Gasteiger partial charge in [0.05, 0.1) is 6.10 Å². The second kappa shape index (κ2) is 5.51. The lowest BCUT2D eigenvalue weighted by molar-refractivity contribution is 0.180. The minimum absolute atomic E-state index is 0.232. The van der Waals surface area contributed by atoms with Crippen LogP contribution in [0.4, 0.5) is 0 Å². The van der Waals surface area contributed by atoms with Crippen LogP contribution in [0, 0.1) is 5.92 Å². The van der Waals surface area contributed by atoms with Gasteiger partial charge in [-0.05, 0) is 32.2 Å². The molecule has 3 nitrogen and oxygen atoms in total. The maximum atomic E-state index is 8.96. The summed E-state index contributed by atoms with van der Waals surface area (Å²) in [5.74, 6) is 0.742. The molecule has 0 radical (unpaired) electrons. The van der Waals surface area contributed by atoms with Crippen molar-refractivity contribution in [3.63, 3.8) is 0 Å². The summed E-state index contributed by atoms with van der Waals surface area (Å²) in [6.07, 6.45) is 2.15. The number of aliphatic hydroxyl groups is 1. The molecular formula is C9H19NO2. The van der Waals surface area contributed by atoms with Gasteiger partial charge in [-0.3, -0.25) is 0 Å². The van der Waals surface area contributed by atoms with Gasteiger partial charge in [-0.15, -0.1) is 0 Å². The Morgan fingerprint density at radius 2 is 2.50 bits per heavy atom. The minimum atomic E-state index is -0.232. The molecule has 0 saturated carbocycles. The molecule has 0 bridgehead atoms. The van der Waals surface area contributed by atoms with Crippen molar-refractivity contribution >= 4 is 0 Å². The molecule has 72 valence electrons. The van der Waals surface area contributed by atoms with Crippen molar-refractivity contribution in [3.8, 4) is 0 Å². The molecule has 0 amide bonds. The topological polar surface area (TPSA) is 41.5 Å². The fraction of sp³-hybridized carbons (Fsp3) is 1.00. The summed E-state index contributed by atoms with van der Waals surface area (Å²) in [6, 6.07) is 0. The predicted octanol–water partition coefficient (Wildman–Crippen LogP) is 0.383. The number of aliphatic hydroxyl groups excluding tert-OH is 1. The number of hydrogen-bond acceptors (Lipinski definition) is 3. The van der Waals surface area contributed by atoms with Crippen LogP contribution in [0.25, 0.3) is 0 Å². The second-order valence-corrected chi connectivity index (χ2v) is 3.57. The van der Waals surface area contributed by atoms with Gasteiger partial charge in [-0.2, -0.15) is 0 Å². The van der Waals surface area contributed by atoms with E-state index in [2.05, 4.69) is 5.32 Å². The van der Waals surface area contributed by atoms with E-state index in [4.69, 9.17) is 9.84 Å². The van der Waals surface area contributed by atoms with E-state index < -0.39 is 0 Å². The Kier molecular flexibility index (Phi) is 4.58. The zero-order valence-corrected chi connectivity index (χ0v) is 7.75. The van der Waals surface area contributed by atoms with Crippen LogP contribution in [0.1, 0.15) is 19.8 Å². The van der Waals surface area contributed by atoms with Gasteiger partial charge < -0.3 is 15.2 Å². The van der Waals surface area contributed by atoms with Crippen LogP contribution >= 0.6 is 0 Å². The fourth-order valence-corrected chi connectivity index (χ4v) is 1.43. The van der Waals surface area contributed by atoms with Crippen molar-refractivity contribution in [3.05, 3.63) is 0 Å². The quantitative estimate of drug-likeness (QED) is 0.591. The molecule has 12 heavy (non-hydrogen) atoms. The Labute approximate surface area is 74.1 Å². The van der Waals surface area contributed by atoms with Crippen LogP contribution in [0.5, 0.6) is 0 Å². The molecule has 1 heterocycles. The van der Waals surface area contributed by atoms with E-state index in [0.29, 0.717) is 6.54 Å². The number of rotatable bonds is 5. The fourth-order valence-electron chi connectivity index (χ4n) is 1.43. The molecule has 1 aliphatic heterocycles. The first-order valence-electron chi connectivity index (χ1n) is 4.75. The predicted molar refractivity (Wildman–Crippen MR) is 48.1 cm³/mol. The molecule has 0 aromatic carbocycles. The summed E-state index contributed by atoms with van der Waals surface area (Å²) in [7, 11) is 0. The van der Waals surface area contributed by atoms with Gasteiger partial charge in [0, 0.05) is 19.8 Å². The van der Waals surface area contributed by atoms with Crippen molar-refractivity contribution < 1.29 is 9.84 Å². The molecule has 1 saturated heterocycles. The Morgan fingerprint density at radius 3 is 3.08 bits per heavy atom. The number of hydrogen-bond donors (Lipinski definition) is 2. The van der Waals surface area contributed by atoms with E-state index in [1.54, 1.807) is 6.92 Å².